The van der Waals surface area contributed by atoms with Crippen LogP contribution in [0.15, 0.2) is 149 Å². The van der Waals surface area contributed by atoms with Gasteiger partial charge in [-0.1, -0.05) is 131 Å². The number of benzene rings is 6. The number of carbonyl (C=O) groups excluding carboxylic acids is 3. The van der Waals surface area contributed by atoms with Gasteiger partial charge in [0.15, 0.2) is 17.1 Å². The number of para-hydroxylation sites is 1. The number of likely N-dealkylation sites (N-methyl/N-ethyl adjacent to an activating group) is 1. The summed E-state index contributed by atoms with van der Waals surface area (Å²) in [4.78, 5) is 50.3. The molecule has 6 aromatic carbocycles. The number of hydrogen-bond donors (Lipinski definition) is 1. The van der Waals surface area contributed by atoms with Gasteiger partial charge in [-0.2, -0.15) is 0 Å². The largest absolute Gasteiger partial charge is 0.489 e. The van der Waals surface area contributed by atoms with E-state index in [1.54, 1.807) is 19.2 Å². The van der Waals surface area contributed by atoms with Gasteiger partial charge in [-0.05, 0) is 97.3 Å². The number of ether oxygens (including phenoxy) is 5. The van der Waals surface area contributed by atoms with Crippen LogP contribution < -0.4 is 19.5 Å². The fourth-order valence-electron chi connectivity index (χ4n) is 6.73. The van der Waals surface area contributed by atoms with E-state index in [2.05, 4.69) is 20.8 Å². The zero-order chi connectivity index (χ0) is 51.7. The number of oxime groups is 3. The Balaban J connectivity index is 0.000000283. The second-order valence-corrected chi connectivity index (χ2v) is 15.6. The number of esters is 2. The Morgan fingerprint density at radius 2 is 0.775 bits per heavy atom. The van der Waals surface area contributed by atoms with E-state index < -0.39 is 11.9 Å². The SMILES string of the molecule is CNC(=O)/C(=N/OC)c1ccccc1COc1cc(C)ccc1C.CO/N=C(/C(=O)OC)c1ccccc1COc1cc(C)ccc1C.CO/N=C(/C(=O)OC)c1ccccc1COc1ccccc1C.[HH]. The molecule has 0 atom stereocenters. The molecule has 6 rings (SSSR count). The van der Waals surface area contributed by atoms with Gasteiger partial charge in [0.05, 0.1) is 14.2 Å². The molecule has 374 valence electrons. The first-order chi connectivity index (χ1) is 34.3. The van der Waals surface area contributed by atoms with Crippen molar-refractivity contribution in [1.29, 1.82) is 0 Å². The maximum absolute atomic E-state index is 12.1. The van der Waals surface area contributed by atoms with Crippen LogP contribution >= 0.6 is 0 Å². The standard InChI is InChI=1S/C19H22N2O3.C19H21NO4.C18H19NO4.H2/c1-13-9-10-14(2)17(11-13)24-12-15-7-5-6-8-16(15)18(21-23-4)19(22)20-3;1-13-9-10-14(2)17(11-13)24-12-15-7-5-6-8-16(15)18(20-23-4)19(21)22-3;1-13-8-4-7-11-16(13)23-12-14-9-5-6-10-15(14)17(19-22-3)18(20)21-2;/h5-11H,12H2,1-4H3,(H,20,22);5-11H,12H2,1-4H3;4-11H,12H2,1-3H3;1H/b21-18+;20-18+;19-17+;. The summed E-state index contributed by atoms with van der Waals surface area (Å²) in [5.41, 5.74) is 10.3. The van der Waals surface area contributed by atoms with Crippen molar-refractivity contribution in [3.05, 3.63) is 195 Å². The first kappa shape index (κ1) is 55.1. The number of aryl methyl sites for hydroxylation is 5. The second kappa shape index (κ2) is 28.8. The monoisotopic (exact) mass is 968 g/mol. The Morgan fingerprint density at radius 1 is 0.437 bits per heavy atom. The van der Waals surface area contributed by atoms with Gasteiger partial charge in [0, 0.05) is 25.2 Å². The highest BCUT2D eigenvalue weighted by Crippen LogP contribution is 2.24. The van der Waals surface area contributed by atoms with Crippen molar-refractivity contribution in [2.45, 2.75) is 54.4 Å². The molecule has 0 heterocycles. The van der Waals surface area contributed by atoms with Crippen LogP contribution in [-0.4, -0.2) is 77.6 Å². The highest BCUT2D eigenvalue weighted by atomic mass is 16.6. The van der Waals surface area contributed by atoms with E-state index in [-0.39, 0.29) is 24.5 Å². The first-order valence-corrected chi connectivity index (χ1v) is 22.4. The lowest BCUT2D eigenvalue weighted by atomic mass is 10.0. The average molecular weight is 969 g/mol. The van der Waals surface area contributed by atoms with Crippen molar-refractivity contribution in [2.24, 2.45) is 15.5 Å². The number of methoxy groups -OCH3 is 2. The van der Waals surface area contributed by atoms with E-state index in [1.165, 1.54) is 35.5 Å². The van der Waals surface area contributed by atoms with Crippen LogP contribution in [0.5, 0.6) is 17.2 Å². The molecule has 1 amide bonds. The molecular weight excluding hydrogens is 905 g/mol. The van der Waals surface area contributed by atoms with E-state index in [4.69, 9.17) is 38.2 Å². The highest BCUT2D eigenvalue weighted by Gasteiger charge is 2.21. The third kappa shape index (κ3) is 16.3. The molecule has 0 bridgehead atoms. The minimum Gasteiger partial charge on any atom is -0.489 e. The molecule has 15 nitrogen and oxygen atoms in total. The van der Waals surface area contributed by atoms with Gasteiger partial charge in [-0.25, -0.2) is 9.59 Å². The van der Waals surface area contributed by atoms with Crippen LogP contribution in [-0.2, 0) is 58.2 Å². The lowest BCUT2D eigenvalue weighted by molar-refractivity contribution is -0.133. The summed E-state index contributed by atoms with van der Waals surface area (Å²) in [7, 11) is 8.36. The molecule has 15 heteroatoms. The number of hydrogen-bond acceptors (Lipinski definition) is 14. The van der Waals surface area contributed by atoms with E-state index in [1.807, 2.05) is 156 Å². The Hall–Kier alpha value is -8.46. The predicted octanol–water partition coefficient (Wildman–Crippen LogP) is 9.73. The lowest BCUT2D eigenvalue weighted by Gasteiger charge is -2.13. The number of nitrogens with one attached hydrogen (secondary N) is 1. The number of rotatable bonds is 18. The second-order valence-electron chi connectivity index (χ2n) is 15.6. The molecule has 6 aromatic rings. The summed E-state index contributed by atoms with van der Waals surface area (Å²) in [6.07, 6.45) is 0. The van der Waals surface area contributed by atoms with Crippen LogP contribution in [0, 0.1) is 34.6 Å². The molecule has 0 aromatic heterocycles. The molecule has 0 aliphatic carbocycles. The molecular formula is C56H64N4O11. The van der Waals surface area contributed by atoms with Crippen molar-refractivity contribution < 1.29 is 54.0 Å². The summed E-state index contributed by atoms with van der Waals surface area (Å²) in [6.45, 7) is 11.0. The molecule has 0 spiro atoms. The van der Waals surface area contributed by atoms with Crippen LogP contribution in [0.25, 0.3) is 0 Å². The molecule has 0 aliphatic heterocycles. The molecule has 0 aliphatic rings. The number of carbonyl (C=O) groups is 3. The van der Waals surface area contributed by atoms with Crippen LogP contribution in [0.3, 0.4) is 0 Å². The number of amides is 1. The van der Waals surface area contributed by atoms with Crippen LogP contribution in [0.1, 0.15) is 62.6 Å². The van der Waals surface area contributed by atoms with Crippen LogP contribution in [0.2, 0.25) is 0 Å². The van der Waals surface area contributed by atoms with Crippen molar-refractivity contribution >= 4 is 35.0 Å². The molecule has 0 radical (unpaired) electrons. The summed E-state index contributed by atoms with van der Waals surface area (Å²) in [5, 5.41) is 14.0. The van der Waals surface area contributed by atoms with Gasteiger partial charge in [0.25, 0.3) is 5.91 Å². The molecule has 0 fully saturated rings. The predicted molar refractivity (Wildman–Crippen MR) is 276 cm³/mol. The van der Waals surface area contributed by atoms with Crippen molar-refractivity contribution in [3.8, 4) is 17.2 Å². The smallest absolute Gasteiger partial charge is 0.360 e. The Morgan fingerprint density at radius 3 is 1.15 bits per heavy atom. The van der Waals surface area contributed by atoms with Gasteiger partial charge in [0.2, 0.25) is 0 Å². The Bertz CT molecular complexity index is 2700. The molecule has 0 unspecified atom stereocenters. The first-order valence-electron chi connectivity index (χ1n) is 22.4. The summed E-state index contributed by atoms with van der Waals surface area (Å²) < 4.78 is 27.3. The lowest BCUT2D eigenvalue weighted by Crippen LogP contribution is -2.29. The van der Waals surface area contributed by atoms with E-state index in [0.717, 1.165) is 61.8 Å². The van der Waals surface area contributed by atoms with Gasteiger partial charge >= 0.3 is 11.9 Å². The van der Waals surface area contributed by atoms with Gasteiger partial charge < -0.3 is 43.5 Å². The summed E-state index contributed by atoms with van der Waals surface area (Å²) in [6, 6.07) is 42.1. The zero-order valence-corrected chi connectivity index (χ0v) is 42.2. The van der Waals surface area contributed by atoms with Crippen molar-refractivity contribution in [2.75, 3.05) is 42.6 Å². The fourth-order valence-corrected chi connectivity index (χ4v) is 6.73. The zero-order valence-electron chi connectivity index (χ0n) is 42.2. The Kier molecular flexibility index (Phi) is 22.3. The topological polar surface area (TPSA) is 174 Å². The minimum absolute atomic E-state index is 0. The van der Waals surface area contributed by atoms with E-state index in [9.17, 15) is 14.4 Å². The summed E-state index contributed by atoms with van der Waals surface area (Å²) in [5.74, 6) is 1.01. The third-order valence-corrected chi connectivity index (χ3v) is 10.5. The molecule has 0 saturated carbocycles. The van der Waals surface area contributed by atoms with Crippen LogP contribution in [0.4, 0.5) is 0 Å². The molecule has 0 saturated heterocycles. The maximum Gasteiger partial charge on any atom is 0.360 e. The van der Waals surface area contributed by atoms with Gasteiger partial charge in [0.1, 0.15) is 58.4 Å². The fraction of sp³-hybridized carbons (Fsp3) is 0.250. The quantitative estimate of drug-likeness (QED) is 0.0493. The van der Waals surface area contributed by atoms with E-state index >= 15 is 0 Å². The minimum atomic E-state index is -0.560. The maximum atomic E-state index is 12.1. The highest BCUT2D eigenvalue weighted by molar-refractivity contribution is 6.45. The van der Waals surface area contributed by atoms with E-state index in [0.29, 0.717) is 36.5 Å². The van der Waals surface area contributed by atoms with Gasteiger partial charge in [-0.15, -0.1) is 0 Å². The van der Waals surface area contributed by atoms with Gasteiger partial charge in [-0.3, -0.25) is 4.79 Å². The van der Waals surface area contributed by atoms with Crippen molar-refractivity contribution in [3.63, 3.8) is 0 Å². The average Bonchev–Trinajstić information content (AvgIpc) is 3.39. The Labute approximate surface area is 417 Å². The molecule has 1 N–H and O–H groups in total. The summed E-state index contributed by atoms with van der Waals surface area (Å²) >= 11 is 0. The third-order valence-electron chi connectivity index (χ3n) is 10.5. The molecule has 71 heavy (non-hydrogen) atoms. The van der Waals surface area contributed by atoms with Crippen molar-refractivity contribution in [1.82, 2.24) is 5.32 Å². The normalized spacial score (nSPS) is 11.1. The number of nitrogens with zero attached hydrogens (tertiary/aromatic N) is 3.